The Balaban J connectivity index is 1.80. The van der Waals surface area contributed by atoms with Crippen LogP contribution >= 0.6 is 0 Å². The van der Waals surface area contributed by atoms with Crippen molar-refractivity contribution >= 4 is 17.0 Å². The third-order valence-electron chi connectivity index (χ3n) is 2.59. The number of carboxylic acids is 1. The molecule has 0 aliphatic carbocycles. The van der Waals surface area contributed by atoms with Crippen LogP contribution in [0.15, 0.2) is 24.5 Å². The smallest absolute Gasteiger partial charge is 0.304 e. The molecule has 2 rings (SSSR count). The van der Waals surface area contributed by atoms with Crippen LogP contribution in [0.4, 0.5) is 0 Å². The number of carbonyl (C=O) groups is 1. The summed E-state index contributed by atoms with van der Waals surface area (Å²) in [5.41, 5.74) is 3.21. The molecule has 0 atom stereocenters. The highest BCUT2D eigenvalue weighted by atomic mass is 16.4. The molecule has 0 spiro atoms. The van der Waals surface area contributed by atoms with Crippen LogP contribution in [0.2, 0.25) is 0 Å². The van der Waals surface area contributed by atoms with Gasteiger partial charge in [-0.15, -0.1) is 0 Å². The molecule has 0 bridgehead atoms. The fourth-order valence-corrected chi connectivity index (χ4v) is 1.69. The van der Waals surface area contributed by atoms with Crippen molar-refractivity contribution < 1.29 is 9.90 Å². The van der Waals surface area contributed by atoms with Gasteiger partial charge in [0, 0.05) is 6.54 Å². The Hall–Kier alpha value is -1.88. The maximum atomic E-state index is 10.3. The number of benzene rings is 1. The summed E-state index contributed by atoms with van der Waals surface area (Å²) in [6.45, 7) is 1.30. The Kier molecular flexibility index (Phi) is 3.72. The standard InChI is InChI=1S/C12H15N3O2/c16-12(17)4-6-13-5-3-9-1-2-10-11(7-9)15-8-14-10/h1-2,7-8,13H,3-6H2,(H,14,15)(H,16,17). The minimum Gasteiger partial charge on any atom is -0.481 e. The monoisotopic (exact) mass is 233 g/mol. The van der Waals surface area contributed by atoms with Crippen molar-refractivity contribution in [2.45, 2.75) is 12.8 Å². The summed E-state index contributed by atoms with van der Waals surface area (Å²) in [6, 6.07) is 6.10. The van der Waals surface area contributed by atoms with Crippen molar-refractivity contribution in [1.29, 1.82) is 0 Å². The molecule has 0 unspecified atom stereocenters. The molecule has 1 heterocycles. The molecule has 0 fully saturated rings. The third kappa shape index (κ3) is 3.29. The molecule has 0 radical (unpaired) electrons. The number of hydrogen-bond donors (Lipinski definition) is 3. The number of carboxylic acid groups (broad SMARTS) is 1. The lowest BCUT2D eigenvalue weighted by molar-refractivity contribution is -0.136. The van der Waals surface area contributed by atoms with Gasteiger partial charge in [0.15, 0.2) is 0 Å². The Morgan fingerprint density at radius 2 is 2.29 bits per heavy atom. The van der Waals surface area contributed by atoms with E-state index in [1.807, 2.05) is 12.1 Å². The second kappa shape index (κ2) is 5.45. The summed E-state index contributed by atoms with van der Waals surface area (Å²) in [6.07, 6.45) is 2.73. The summed E-state index contributed by atoms with van der Waals surface area (Å²) in [5.74, 6) is -0.767. The highest BCUT2D eigenvalue weighted by Gasteiger charge is 1.99. The van der Waals surface area contributed by atoms with Crippen LogP contribution in [0.5, 0.6) is 0 Å². The zero-order chi connectivity index (χ0) is 12.1. The fraction of sp³-hybridized carbons (Fsp3) is 0.333. The van der Waals surface area contributed by atoms with E-state index >= 15 is 0 Å². The average Bonchev–Trinajstić information content (AvgIpc) is 2.75. The average molecular weight is 233 g/mol. The van der Waals surface area contributed by atoms with Gasteiger partial charge in [0.05, 0.1) is 23.8 Å². The molecule has 0 aliphatic heterocycles. The van der Waals surface area contributed by atoms with E-state index in [9.17, 15) is 4.79 Å². The number of nitrogens with zero attached hydrogens (tertiary/aromatic N) is 1. The first-order chi connectivity index (χ1) is 8.25. The SMILES string of the molecule is O=C(O)CCNCCc1ccc2nc[nH]c2c1. The molecule has 0 amide bonds. The molecule has 3 N–H and O–H groups in total. The van der Waals surface area contributed by atoms with Crippen molar-refractivity contribution in [3.8, 4) is 0 Å². The highest BCUT2D eigenvalue weighted by Crippen LogP contribution is 2.11. The van der Waals surface area contributed by atoms with E-state index in [2.05, 4.69) is 21.4 Å². The van der Waals surface area contributed by atoms with Gasteiger partial charge in [-0.3, -0.25) is 4.79 Å². The Morgan fingerprint density at radius 3 is 3.12 bits per heavy atom. The van der Waals surface area contributed by atoms with Crippen LogP contribution in [-0.2, 0) is 11.2 Å². The third-order valence-corrected chi connectivity index (χ3v) is 2.59. The zero-order valence-corrected chi connectivity index (χ0v) is 9.44. The van der Waals surface area contributed by atoms with Gasteiger partial charge in [0.25, 0.3) is 0 Å². The molecule has 5 heteroatoms. The molecule has 0 saturated carbocycles. The molecule has 0 aliphatic rings. The maximum Gasteiger partial charge on any atom is 0.304 e. The van der Waals surface area contributed by atoms with Crippen molar-refractivity contribution in [2.24, 2.45) is 0 Å². The number of nitrogens with one attached hydrogen (secondary N) is 2. The van der Waals surface area contributed by atoms with E-state index in [0.717, 1.165) is 24.0 Å². The minimum atomic E-state index is -0.767. The summed E-state index contributed by atoms with van der Waals surface area (Å²) in [4.78, 5) is 17.5. The second-order valence-electron chi connectivity index (χ2n) is 3.90. The first kappa shape index (κ1) is 11.6. The Labute approximate surface area is 98.9 Å². The van der Waals surface area contributed by atoms with Crippen LogP contribution in [-0.4, -0.2) is 34.1 Å². The lowest BCUT2D eigenvalue weighted by atomic mass is 10.1. The predicted molar refractivity (Wildman–Crippen MR) is 64.9 cm³/mol. The fourth-order valence-electron chi connectivity index (χ4n) is 1.69. The van der Waals surface area contributed by atoms with Crippen molar-refractivity contribution in [3.05, 3.63) is 30.1 Å². The van der Waals surface area contributed by atoms with E-state index < -0.39 is 5.97 Å². The molecule has 5 nitrogen and oxygen atoms in total. The van der Waals surface area contributed by atoms with E-state index in [4.69, 9.17) is 5.11 Å². The van der Waals surface area contributed by atoms with E-state index in [0.29, 0.717) is 6.54 Å². The van der Waals surface area contributed by atoms with Gasteiger partial charge in [0.2, 0.25) is 0 Å². The quantitative estimate of drug-likeness (QED) is 0.654. The van der Waals surface area contributed by atoms with Gasteiger partial charge < -0.3 is 15.4 Å². The molecule has 1 aromatic heterocycles. The van der Waals surface area contributed by atoms with E-state index in [-0.39, 0.29) is 6.42 Å². The van der Waals surface area contributed by atoms with Gasteiger partial charge in [-0.2, -0.15) is 0 Å². The van der Waals surface area contributed by atoms with Crippen molar-refractivity contribution in [1.82, 2.24) is 15.3 Å². The Morgan fingerprint density at radius 1 is 1.41 bits per heavy atom. The van der Waals surface area contributed by atoms with Gasteiger partial charge in [-0.25, -0.2) is 4.98 Å². The molecule has 0 saturated heterocycles. The topological polar surface area (TPSA) is 78.0 Å². The number of imidazole rings is 1. The number of aromatic nitrogens is 2. The second-order valence-corrected chi connectivity index (χ2v) is 3.90. The number of hydrogen-bond acceptors (Lipinski definition) is 3. The lowest BCUT2D eigenvalue weighted by Gasteiger charge is -2.03. The zero-order valence-electron chi connectivity index (χ0n) is 9.44. The van der Waals surface area contributed by atoms with Gasteiger partial charge in [0.1, 0.15) is 0 Å². The first-order valence-corrected chi connectivity index (χ1v) is 5.60. The van der Waals surface area contributed by atoms with Gasteiger partial charge in [-0.1, -0.05) is 6.07 Å². The van der Waals surface area contributed by atoms with Gasteiger partial charge >= 0.3 is 5.97 Å². The molecule has 2 aromatic rings. The highest BCUT2D eigenvalue weighted by molar-refractivity contribution is 5.75. The number of aliphatic carboxylic acids is 1. The van der Waals surface area contributed by atoms with E-state index in [1.54, 1.807) is 6.33 Å². The van der Waals surface area contributed by atoms with Crippen LogP contribution < -0.4 is 5.32 Å². The summed E-state index contributed by atoms with van der Waals surface area (Å²) < 4.78 is 0. The molecule has 90 valence electrons. The first-order valence-electron chi connectivity index (χ1n) is 5.60. The minimum absolute atomic E-state index is 0.166. The number of fused-ring (bicyclic) bond motifs is 1. The van der Waals surface area contributed by atoms with Crippen LogP contribution in [0.25, 0.3) is 11.0 Å². The summed E-state index contributed by atoms with van der Waals surface area (Å²) in [5, 5.41) is 11.6. The predicted octanol–water partition coefficient (Wildman–Crippen LogP) is 1.17. The largest absolute Gasteiger partial charge is 0.481 e. The normalized spacial score (nSPS) is 10.8. The number of aromatic amines is 1. The Bertz CT molecular complexity index is 507. The van der Waals surface area contributed by atoms with Crippen LogP contribution in [0.1, 0.15) is 12.0 Å². The lowest BCUT2D eigenvalue weighted by Crippen LogP contribution is -2.20. The molecular formula is C12H15N3O2. The number of rotatable bonds is 6. The van der Waals surface area contributed by atoms with Crippen molar-refractivity contribution in [2.75, 3.05) is 13.1 Å². The van der Waals surface area contributed by atoms with Gasteiger partial charge in [-0.05, 0) is 30.7 Å². The molecule has 1 aromatic carbocycles. The summed E-state index contributed by atoms with van der Waals surface area (Å²) >= 11 is 0. The van der Waals surface area contributed by atoms with Crippen molar-refractivity contribution in [3.63, 3.8) is 0 Å². The summed E-state index contributed by atoms with van der Waals surface area (Å²) in [7, 11) is 0. The maximum absolute atomic E-state index is 10.3. The number of H-pyrrole nitrogens is 1. The van der Waals surface area contributed by atoms with Crippen LogP contribution in [0.3, 0.4) is 0 Å². The molecule has 17 heavy (non-hydrogen) atoms. The van der Waals surface area contributed by atoms with Crippen LogP contribution in [0, 0.1) is 0 Å². The molecular weight excluding hydrogens is 218 g/mol. The van der Waals surface area contributed by atoms with E-state index in [1.165, 1.54) is 5.56 Å².